The number of rotatable bonds is 3. The van der Waals surface area contributed by atoms with Crippen molar-refractivity contribution in [3.05, 3.63) is 203 Å². The molecule has 57 heavy (non-hydrogen) atoms. The molecule has 4 aliphatic rings. The average molecular weight is 730 g/mol. The molecule has 5 heteroatoms. The number of pyridine rings is 2. The van der Waals surface area contributed by atoms with E-state index in [-0.39, 0.29) is 5.41 Å². The lowest BCUT2D eigenvalue weighted by molar-refractivity contribution is 0.780. The Bertz CT molecular complexity index is 3280. The van der Waals surface area contributed by atoms with E-state index in [1.807, 2.05) is 24.8 Å². The number of para-hydroxylation sites is 1. The first-order valence-electron chi connectivity index (χ1n) is 19.9. The summed E-state index contributed by atoms with van der Waals surface area (Å²) in [5.74, 6) is 0. The van der Waals surface area contributed by atoms with Gasteiger partial charge in [0.1, 0.15) is 0 Å². The van der Waals surface area contributed by atoms with E-state index >= 15 is 0 Å². The number of benzene rings is 5. The summed E-state index contributed by atoms with van der Waals surface area (Å²) in [4.78, 5) is 9.63. The lowest BCUT2D eigenvalue weighted by Gasteiger charge is -2.31. The van der Waals surface area contributed by atoms with Gasteiger partial charge >= 0.3 is 0 Å². The highest BCUT2D eigenvalue weighted by molar-refractivity contribution is 6.18. The van der Waals surface area contributed by atoms with Crippen molar-refractivity contribution < 1.29 is 0 Å². The maximum absolute atomic E-state index is 5.21. The third-order valence-corrected chi connectivity index (χ3v) is 13.0. The molecule has 0 radical (unpaired) electrons. The van der Waals surface area contributed by atoms with Gasteiger partial charge in [-0.2, -0.15) is 0 Å². The first kappa shape index (κ1) is 31.0. The van der Waals surface area contributed by atoms with Gasteiger partial charge in [-0.1, -0.05) is 91.0 Å². The van der Waals surface area contributed by atoms with Crippen molar-refractivity contribution in [2.24, 2.45) is 0 Å². The van der Waals surface area contributed by atoms with Crippen LogP contribution in [0.15, 0.2) is 170 Å². The Kier molecular flexibility index (Phi) is 6.21. The van der Waals surface area contributed by atoms with Gasteiger partial charge in [0.15, 0.2) is 0 Å². The molecule has 1 atom stereocenters. The van der Waals surface area contributed by atoms with Crippen LogP contribution in [-0.2, 0) is 12.0 Å². The Morgan fingerprint density at radius 3 is 2.23 bits per heavy atom. The number of aromatic nitrogens is 4. The smallest absolute Gasteiger partial charge is 0.0760 e. The molecule has 0 fully saturated rings. The summed E-state index contributed by atoms with van der Waals surface area (Å²) in [6.45, 7) is 0.781. The van der Waals surface area contributed by atoms with E-state index in [0.29, 0.717) is 0 Å². The Morgan fingerprint density at radius 2 is 1.35 bits per heavy atom. The fourth-order valence-electron chi connectivity index (χ4n) is 10.8. The van der Waals surface area contributed by atoms with Crippen molar-refractivity contribution in [2.45, 2.75) is 24.8 Å². The highest BCUT2D eigenvalue weighted by Crippen LogP contribution is 2.65. The van der Waals surface area contributed by atoms with Crippen molar-refractivity contribution in [3.63, 3.8) is 0 Å². The number of hydrogen-bond acceptors (Lipinski definition) is 3. The van der Waals surface area contributed by atoms with Crippen molar-refractivity contribution in [1.82, 2.24) is 24.4 Å². The summed E-state index contributed by atoms with van der Waals surface area (Å²) in [5, 5.41) is 7.10. The van der Waals surface area contributed by atoms with Crippen LogP contribution in [-0.4, -0.2) is 19.1 Å². The molecule has 5 nitrogen and oxygen atoms in total. The summed E-state index contributed by atoms with van der Waals surface area (Å²) in [6.07, 6.45) is 17.1. The molecule has 13 rings (SSSR count). The number of nitrogens with one attached hydrogen (secondary N) is 1. The van der Waals surface area contributed by atoms with E-state index in [9.17, 15) is 0 Å². The van der Waals surface area contributed by atoms with Gasteiger partial charge in [0, 0.05) is 57.3 Å². The Labute approximate surface area is 329 Å². The van der Waals surface area contributed by atoms with Crippen molar-refractivity contribution in [3.8, 4) is 33.8 Å². The number of fused-ring (bicyclic) bond motifs is 17. The van der Waals surface area contributed by atoms with Crippen LogP contribution in [0.1, 0.15) is 46.4 Å². The number of nitrogens with zero attached hydrogens (tertiary/aromatic N) is 4. The van der Waals surface area contributed by atoms with E-state index in [0.717, 1.165) is 36.5 Å². The van der Waals surface area contributed by atoms with Gasteiger partial charge < -0.3 is 14.5 Å². The quantitative estimate of drug-likeness (QED) is 0.197. The predicted octanol–water partition coefficient (Wildman–Crippen LogP) is 11.7. The molecule has 1 N–H and O–H groups in total. The molecule has 5 heterocycles. The zero-order chi connectivity index (χ0) is 37.2. The molecule has 1 aliphatic heterocycles. The van der Waals surface area contributed by atoms with Gasteiger partial charge in [0.25, 0.3) is 0 Å². The molecular formula is C52H35N5. The largest absolute Gasteiger partial charge is 0.385 e. The van der Waals surface area contributed by atoms with Gasteiger partial charge in [-0.25, -0.2) is 0 Å². The molecule has 0 amide bonds. The van der Waals surface area contributed by atoms with Crippen molar-refractivity contribution in [2.75, 3.05) is 0 Å². The minimum absolute atomic E-state index is 0.380. The molecule has 5 aromatic carbocycles. The van der Waals surface area contributed by atoms with Crippen LogP contribution in [0.2, 0.25) is 0 Å². The molecule has 0 saturated carbocycles. The average Bonchev–Trinajstić information content (AvgIpc) is 3.99. The van der Waals surface area contributed by atoms with Crippen LogP contribution in [0.3, 0.4) is 0 Å². The Morgan fingerprint density at radius 1 is 0.596 bits per heavy atom. The summed E-state index contributed by atoms with van der Waals surface area (Å²) in [7, 11) is 0. The van der Waals surface area contributed by atoms with E-state index < -0.39 is 0 Å². The molecular weight excluding hydrogens is 695 g/mol. The lowest BCUT2D eigenvalue weighted by Crippen LogP contribution is -2.26. The Hall–Kier alpha value is -7.24. The van der Waals surface area contributed by atoms with Gasteiger partial charge in [0.05, 0.1) is 39.9 Å². The molecule has 3 aliphatic carbocycles. The Balaban J connectivity index is 0.952. The molecule has 9 aromatic rings. The second-order valence-electron chi connectivity index (χ2n) is 15.6. The highest BCUT2D eigenvalue weighted by Gasteiger charge is 2.54. The van der Waals surface area contributed by atoms with Crippen LogP contribution in [0.4, 0.5) is 0 Å². The summed E-state index contributed by atoms with van der Waals surface area (Å²) in [6, 6.07) is 47.3. The van der Waals surface area contributed by atoms with Gasteiger partial charge in [-0.3, -0.25) is 9.97 Å². The van der Waals surface area contributed by atoms with E-state index in [1.165, 1.54) is 94.1 Å². The topological polar surface area (TPSA) is 47.7 Å². The second-order valence-corrected chi connectivity index (χ2v) is 15.6. The minimum atomic E-state index is -0.380. The van der Waals surface area contributed by atoms with E-state index in [2.05, 4.69) is 165 Å². The van der Waals surface area contributed by atoms with Crippen LogP contribution in [0.25, 0.3) is 78.1 Å². The first-order chi connectivity index (χ1) is 28.3. The van der Waals surface area contributed by atoms with Crippen LogP contribution < -0.4 is 5.32 Å². The molecule has 0 saturated heterocycles. The third-order valence-electron chi connectivity index (χ3n) is 13.0. The molecule has 0 bridgehead atoms. The first-order valence-corrected chi connectivity index (χ1v) is 19.9. The second kappa shape index (κ2) is 11.4. The van der Waals surface area contributed by atoms with Crippen LogP contribution in [0.5, 0.6) is 0 Å². The maximum Gasteiger partial charge on any atom is 0.0760 e. The van der Waals surface area contributed by atoms with Gasteiger partial charge in [-0.05, 0) is 118 Å². The molecule has 1 unspecified atom stereocenters. The summed E-state index contributed by atoms with van der Waals surface area (Å²) < 4.78 is 4.80. The normalized spacial score (nSPS) is 17.3. The third kappa shape index (κ3) is 3.98. The lowest BCUT2D eigenvalue weighted by atomic mass is 9.69. The standard InChI is InChI=1S/C52H35N5/c1-4-11-41-36(8-1)37-9-2-5-12-42(37)52(41)43-23-24-47-49(50(43)51-44(52)13-7-27-55-51)39-10-3-6-14-45(39)56(47)34-19-15-32(16-20-34)33-17-21-35(22-18-33)57-46-26-29-53-30-40(46)38-25-28-54-31-48(38)57/h1,3-4,6-30,54H,2,5,31H2. The summed E-state index contributed by atoms with van der Waals surface area (Å²) >= 11 is 0. The monoisotopic (exact) mass is 729 g/mol. The van der Waals surface area contributed by atoms with Gasteiger partial charge in [-0.15, -0.1) is 0 Å². The van der Waals surface area contributed by atoms with Crippen molar-refractivity contribution in [1.29, 1.82) is 0 Å². The SMILES string of the molecule is C1=Cc2c(n(-c3ccc(-c4ccc(-n5c6ccccc6c6c7c(ccc65)C5(C6=CCCC=C6c6ccccc65)c5cccnc5-7)cc4)cc3)c3ccncc23)CN1. The fourth-order valence-corrected chi connectivity index (χ4v) is 10.8. The van der Waals surface area contributed by atoms with E-state index in [4.69, 9.17) is 4.98 Å². The summed E-state index contributed by atoms with van der Waals surface area (Å²) in [5.41, 5.74) is 20.9. The minimum Gasteiger partial charge on any atom is -0.385 e. The number of allylic oxidation sites excluding steroid dienone is 4. The molecule has 4 aromatic heterocycles. The van der Waals surface area contributed by atoms with E-state index in [1.54, 1.807) is 0 Å². The molecule has 268 valence electrons. The van der Waals surface area contributed by atoms with Crippen molar-refractivity contribution >= 4 is 44.4 Å². The highest BCUT2D eigenvalue weighted by atomic mass is 15.0. The van der Waals surface area contributed by atoms with Crippen LogP contribution >= 0.6 is 0 Å². The zero-order valence-corrected chi connectivity index (χ0v) is 31.1. The maximum atomic E-state index is 5.21. The predicted molar refractivity (Wildman–Crippen MR) is 232 cm³/mol. The zero-order valence-electron chi connectivity index (χ0n) is 31.1. The number of hydrogen-bond donors (Lipinski definition) is 1. The van der Waals surface area contributed by atoms with Crippen LogP contribution in [0, 0.1) is 0 Å². The fraction of sp³-hybridized carbons (Fsp3) is 0.0769. The molecule has 1 spiro atoms. The van der Waals surface area contributed by atoms with Gasteiger partial charge in [0.2, 0.25) is 0 Å².